The number of rotatable bonds is 0. The van der Waals surface area contributed by atoms with E-state index in [0.717, 1.165) is 43.6 Å². The van der Waals surface area contributed by atoms with E-state index >= 15 is 0 Å². The first kappa shape index (κ1) is 12.5. The number of aromatic amines is 1. The number of hydrogen-bond donors (Lipinski definition) is 2. The van der Waals surface area contributed by atoms with Crippen LogP contribution in [-0.2, 0) is 11.8 Å². The van der Waals surface area contributed by atoms with Crippen LogP contribution in [0.25, 0.3) is 5.78 Å². The van der Waals surface area contributed by atoms with Gasteiger partial charge in [-0.05, 0) is 54.2 Å². The number of nitrogens with zero attached hydrogens (tertiary/aromatic N) is 3. The second-order valence-electron chi connectivity index (χ2n) is 5.90. The Bertz CT molecular complexity index is 743. The lowest BCUT2D eigenvalue weighted by atomic mass is 9.69. The minimum Gasteiger partial charge on any atom is -0.317 e. The van der Waals surface area contributed by atoms with E-state index in [2.05, 4.69) is 43.2 Å². The molecule has 7 heteroatoms. The minimum absolute atomic E-state index is 0.0105. The zero-order valence-electron chi connectivity index (χ0n) is 11.2. The minimum atomic E-state index is -0.0105. The van der Waals surface area contributed by atoms with Gasteiger partial charge in [-0.2, -0.15) is 9.50 Å². The summed E-state index contributed by atoms with van der Waals surface area (Å²) in [7, 11) is 0. The first-order chi connectivity index (χ1) is 9.62. The highest BCUT2D eigenvalue weighted by Crippen LogP contribution is 2.46. The molecule has 1 unspecified atom stereocenters. The summed E-state index contributed by atoms with van der Waals surface area (Å²) in [4.78, 5) is 21.7. The molecule has 0 aromatic carbocycles. The highest BCUT2D eigenvalue weighted by molar-refractivity contribution is 9.10. The standard InChI is InChI=1S/C13H16BrN5O/c1-7-6-8-9(13(7)2-4-15-5-3-13)10(20)19-12(16-8)17-11(14)18-19/h7,15H,2-6H2,1H3,(H,16,17,18). The molecule has 2 aliphatic rings. The van der Waals surface area contributed by atoms with E-state index in [4.69, 9.17) is 0 Å². The molecule has 3 heterocycles. The van der Waals surface area contributed by atoms with Gasteiger partial charge in [0, 0.05) is 11.0 Å². The summed E-state index contributed by atoms with van der Waals surface area (Å²) in [6.45, 7) is 4.19. The Morgan fingerprint density at radius 1 is 1.35 bits per heavy atom. The summed E-state index contributed by atoms with van der Waals surface area (Å²) in [5.74, 6) is 0.925. The highest BCUT2D eigenvalue weighted by atomic mass is 79.9. The molecule has 1 spiro atoms. The maximum atomic E-state index is 12.9. The van der Waals surface area contributed by atoms with Gasteiger partial charge in [-0.25, -0.2) is 4.98 Å². The predicted octanol–water partition coefficient (Wildman–Crippen LogP) is 0.993. The van der Waals surface area contributed by atoms with Crippen molar-refractivity contribution in [1.82, 2.24) is 24.9 Å². The van der Waals surface area contributed by atoms with Crippen LogP contribution < -0.4 is 10.9 Å². The van der Waals surface area contributed by atoms with E-state index in [-0.39, 0.29) is 11.0 Å². The lowest BCUT2D eigenvalue weighted by Gasteiger charge is -2.38. The van der Waals surface area contributed by atoms with Gasteiger partial charge in [0.15, 0.2) is 4.73 Å². The van der Waals surface area contributed by atoms with E-state index in [1.54, 1.807) is 0 Å². The third-order valence-electron chi connectivity index (χ3n) is 4.98. The molecule has 2 aromatic rings. The zero-order valence-corrected chi connectivity index (χ0v) is 12.8. The van der Waals surface area contributed by atoms with Gasteiger partial charge in [-0.15, -0.1) is 0 Å². The van der Waals surface area contributed by atoms with Crippen molar-refractivity contribution in [3.8, 4) is 0 Å². The fourth-order valence-corrected chi connectivity index (χ4v) is 4.26. The molecule has 0 saturated carbocycles. The average Bonchev–Trinajstić information content (AvgIpc) is 2.91. The molecule has 1 saturated heterocycles. The normalized spacial score (nSPS) is 24.4. The fraction of sp³-hybridized carbons (Fsp3) is 0.615. The Morgan fingerprint density at radius 3 is 2.85 bits per heavy atom. The van der Waals surface area contributed by atoms with Crippen LogP contribution in [-0.4, -0.2) is 32.7 Å². The van der Waals surface area contributed by atoms with Gasteiger partial charge in [-0.3, -0.25) is 9.89 Å². The van der Waals surface area contributed by atoms with E-state index in [1.165, 1.54) is 4.52 Å². The lowest BCUT2D eigenvalue weighted by Crippen LogP contribution is -2.45. The molecule has 1 aliphatic heterocycles. The SMILES string of the molecule is CC1Cc2nc3nc(Br)[nH]n3c(=O)c2C12CCNCC2. The Labute approximate surface area is 124 Å². The van der Waals surface area contributed by atoms with Crippen molar-refractivity contribution in [1.29, 1.82) is 0 Å². The largest absolute Gasteiger partial charge is 0.317 e. The number of fused-ring (bicyclic) bond motifs is 3. The van der Waals surface area contributed by atoms with E-state index < -0.39 is 0 Å². The maximum absolute atomic E-state index is 12.9. The molecule has 2 aromatic heterocycles. The Balaban J connectivity index is 2.01. The number of nitrogens with one attached hydrogen (secondary N) is 2. The Morgan fingerprint density at radius 2 is 2.10 bits per heavy atom. The van der Waals surface area contributed by atoms with Crippen molar-refractivity contribution in [2.45, 2.75) is 31.6 Å². The molecule has 1 aliphatic carbocycles. The average molecular weight is 338 g/mol. The van der Waals surface area contributed by atoms with Crippen molar-refractivity contribution < 1.29 is 0 Å². The van der Waals surface area contributed by atoms with Crippen molar-refractivity contribution in [3.05, 3.63) is 26.3 Å². The number of hydrogen-bond acceptors (Lipinski definition) is 4. The summed E-state index contributed by atoms with van der Waals surface area (Å²) in [5.41, 5.74) is 1.88. The van der Waals surface area contributed by atoms with Crippen LogP contribution in [0, 0.1) is 5.92 Å². The molecule has 0 radical (unpaired) electrons. The summed E-state index contributed by atoms with van der Waals surface area (Å²) < 4.78 is 2.00. The molecule has 0 bridgehead atoms. The molecule has 1 atom stereocenters. The second kappa shape index (κ2) is 4.14. The predicted molar refractivity (Wildman–Crippen MR) is 78.0 cm³/mol. The first-order valence-corrected chi connectivity index (χ1v) is 7.79. The van der Waals surface area contributed by atoms with Gasteiger partial charge < -0.3 is 5.32 Å². The molecule has 4 rings (SSSR count). The van der Waals surface area contributed by atoms with Crippen LogP contribution >= 0.6 is 15.9 Å². The molecule has 2 N–H and O–H groups in total. The van der Waals surface area contributed by atoms with Gasteiger partial charge in [0.1, 0.15) is 0 Å². The Hall–Kier alpha value is -1.21. The second-order valence-corrected chi connectivity index (χ2v) is 6.65. The number of aromatic nitrogens is 4. The topological polar surface area (TPSA) is 75.1 Å². The van der Waals surface area contributed by atoms with E-state index in [9.17, 15) is 4.79 Å². The van der Waals surface area contributed by atoms with Gasteiger partial charge in [0.25, 0.3) is 11.3 Å². The van der Waals surface area contributed by atoms with Crippen molar-refractivity contribution in [2.24, 2.45) is 5.92 Å². The van der Waals surface area contributed by atoms with Crippen LogP contribution in [0.5, 0.6) is 0 Å². The van der Waals surface area contributed by atoms with Crippen LogP contribution in [0.3, 0.4) is 0 Å². The molecule has 6 nitrogen and oxygen atoms in total. The monoisotopic (exact) mass is 337 g/mol. The molecular formula is C13H16BrN5O. The van der Waals surface area contributed by atoms with Gasteiger partial charge in [-0.1, -0.05) is 6.92 Å². The van der Waals surface area contributed by atoms with Crippen molar-refractivity contribution in [2.75, 3.05) is 13.1 Å². The Kier molecular flexibility index (Phi) is 2.59. The quantitative estimate of drug-likeness (QED) is 0.751. The number of piperidine rings is 1. The van der Waals surface area contributed by atoms with Gasteiger partial charge in [0.05, 0.1) is 5.69 Å². The summed E-state index contributed by atoms with van der Waals surface area (Å²) in [5, 5.41) is 6.32. The molecule has 106 valence electrons. The lowest BCUT2D eigenvalue weighted by molar-refractivity contribution is 0.233. The smallest absolute Gasteiger partial charge is 0.278 e. The summed E-state index contributed by atoms with van der Waals surface area (Å²) in [6.07, 6.45) is 2.91. The molecule has 20 heavy (non-hydrogen) atoms. The van der Waals surface area contributed by atoms with Crippen molar-refractivity contribution >= 4 is 21.7 Å². The molecule has 1 fully saturated rings. The van der Waals surface area contributed by atoms with Gasteiger partial charge >= 0.3 is 0 Å². The zero-order chi connectivity index (χ0) is 13.9. The van der Waals surface area contributed by atoms with Crippen LogP contribution in [0.4, 0.5) is 0 Å². The highest BCUT2D eigenvalue weighted by Gasteiger charge is 2.48. The van der Waals surface area contributed by atoms with E-state index in [1.807, 2.05) is 0 Å². The van der Waals surface area contributed by atoms with Gasteiger partial charge in [0.2, 0.25) is 0 Å². The third-order valence-corrected chi connectivity index (χ3v) is 5.33. The summed E-state index contributed by atoms with van der Waals surface area (Å²) in [6, 6.07) is 0. The van der Waals surface area contributed by atoms with E-state index in [0.29, 0.717) is 16.4 Å². The molecular weight excluding hydrogens is 322 g/mol. The number of H-pyrrole nitrogens is 1. The summed E-state index contributed by atoms with van der Waals surface area (Å²) >= 11 is 3.27. The van der Waals surface area contributed by atoms with Crippen LogP contribution in [0.1, 0.15) is 31.0 Å². The third kappa shape index (κ3) is 1.50. The fourth-order valence-electron chi connectivity index (χ4n) is 3.93. The van der Waals surface area contributed by atoms with Crippen LogP contribution in [0.15, 0.2) is 9.53 Å². The molecule has 0 amide bonds. The first-order valence-electron chi connectivity index (χ1n) is 7.00. The van der Waals surface area contributed by atoms with Crippen molar-refractivity contribution in [3.63, 3.8) is 0 Å². The number of halogens is 1. The van der Waals surface area contributed by atoms with Crippen LogP contribution in [0.2, 0.25) is 0 Å². The maximum Gasteiger partial charge on any atom is 0.278 e.